The van der Waals surface area contributed by atoms with Crippen LogP contribution in [0.5, 0.6) is 0 Å². The maximum atomic E-state index is 14.4. The molecule has 242 valence electrons. The summed E-state index contributed by atoms with van der Waals surface area (Å²) in [6, 6.07) is 15.4. The number of halogens is 3. The van der Waals surface area contributed by atoms with E-state index in [0.717, 1.165) is 16.4 Å². The van der Waals surface area contributed by atoms with Crippen molar-refractivity contribution in [2.45, 2.75) is 61.6 Å². The summed E-state index contributed by atoms with van der Waals surface area (Å²) < 4.78 is 59.6. The highest BCUT2D eigenvalue weighted by atomic mass is 35.5. The van der Waals surface area contributed by atoms with Gasteiger partial charge in [-0.3, -0.25) is 18.6 Å². The third-order valence-electron chi connectivity index (χ3n) is 9.28. The van der Waals surface area contributed by atoms with Gasteiger partial charge < -0.3 is 10.0 Å². The molecule has 1 aromatic heterocycles. The molecule has 1 amide bonds. The van der Waals surface area contributed by atoms with Crippen LogP contribution in [0.3, 0.4) is 0 Å². The Morgan fingerprint density at radius 1 is 1.04 bits per heavy atom. The number of benzene rings is 3. The largest absolute Gasteiger partial charge is 0.389 e. The number of para-hydroxylation sites is 1. The molecule has 2 saturated heterocycles. The van der Waals surface area contributed by atoms with E-state index in [1.54, 1.807) is 47.8 Å². The lowest BCUT2D eigenvalue weighted by Crippen LogP contribution is -2.54. The minimum atomic E-state index is -4.41. The van der Waals surface area contributed by atoms with E-state index in [1.165, 1.54) is 36.0 Å². The fraction of sp³-hybridized carbons (Fsp3) is 0.333. The molecule has 0 radical (unpaired) electrons. The van der Waals surface area contributed by atoms with Crippen molar-refractivity contribution in [2.24, 2.45) is 7.05 Å². The average Bonchev–Trinajstić information content (AvgIpc) is 3.42. The second-order valence-electron chi connectivity index (χ2n) is 12.2. The van der Waals surface area contributed by atoms with Gasteiger partial charge in [0.1, 0.15) is 22.2 Å². The van der Waals surface area contributed by atoms with Crippen molar-refractivity contribution in [3.8, 4) is 5.69 Å². The van der Waals surface area contributed by atoms with Crippen molar-refractivity contribution < 1.29 is 27.1 Å². The van der Waals surface area contributed by atoms with Gasteiger partial charge in [0.15, 0.2) is 0 Å². The maximum absolute atomic E-state index is 14.4. The van der Waals surface area contributed by atoms with E-state index in [0.29, 0.717) is 24.2 Å². The van der Waals surface area contributed by atoms with Crippen LogP contribution in [0.2, 0.25) is 5.02 Å². The van der Waals surface area contributed by atoms with Crippen LogP contribution in [0.15, 0.2) is 76.4 Å². The number of aromatic nitrogens is 2. The number of hydrogen-bond donors (Lipinski definition) is 1. The second kappa shape index (κ2) is 11.7. The highest BCUT2D eigenvalue weighted by Gasteiger charge is 2.49. The number of nitrogens with zero attached hydrogens (tertiary/aromatic N) is 4. The quantitative estimate of drug-likeness (QED) is 0.299. The minimum Gasteiger partial charge on any atom is -0.389 e. The molecule has 9 nitrogen and oxygen atoms in total. The first-order valence-electron chi connectivity index (χ1n) is 14.8. The number of hydrogen-bond acceptors (Lipinski definition) is 5. The van der Waals surface area contributed by atoms with Gasteiger partial charge in [0.25, 0.3) is 21.5 Å². The summed E-state index contributed by atoms with van der Waals surface area (Å²) in [6.45, 7) is 1.64. The monoisotopic (exact) mass is 670 g/mol. The smallest absolute Gasteiger partial charge is 0.296 e. The van der Waals surface area contributed by atoms with Crippen LogP contribution in [0.1, 0.15) is 47.3 Å². The Labute approximate surface area is 270 Å². The number of carbonyl (C=O) groups excluding carboxylic acids is 1. The first kappa shape index (κ1) is 32.0. The molecular formula is C33H33ClF2N4O5S. The third-order valence-corrected chi connectivity index (χ3v) is 11.5. The number of sulfonamides is 1. The summed E-state index contributed by atoms with van der Waals surface area (Å²) in [5.41, 5.74) is -0.645. The summed E-state index contributed by atoms with van der Waals surface area (Å²) in [4.78, 5) is 28.8. The second-order valence-corrected chi connectivity index (χ2v) is 14.5. The van der Waals surface area contributed by atoms with Crippen LogP contribution >= 0.6 is 11.6 Å². The van der Waals surface area contributed by atoms with E-state index < -0.39 is 38.7 Å². The standard InChI is InChI=1S/C33H33ClF2N4O5S/c1-20-30(32(42)40(37(20)2)24-7-5-4-6-8-24)38(3)46(44,45)29-15-21(10-14-27(29)34)31(41)39-25-12-13-26(39)19-33(43,18-25)17-22-9-11-23(35)16-28(22)36/h4-11,14-16,25-26,43H,12-13,17-19H2,1-3H3. The molecule has 0 saturated carbocycles. The molecule has 3 aromatic carbocycles. The number of fused-ring (bicyclic) bond motifs is 2. The Kier molecular flexibility index (Phi) is 8.10. The van der Waals surface area contributed by atoms with Gasteiger partial charge in [0.05, 0.1) is 22.0 Å². The zero-order valence-electron chi connectivity index (χ0n) is 25.5. The van der Waals surface area contributed by atoms with Crippen LogP contribution in [0.4, 0.5) is 14.5 Å². The van der Waals surface area contributed by atoms with Crippen LogP contribution in [-0.2, 0) is 23.5 Å². The molecule has 0 spiro atoms. The Hall–Kier alpha value is -4.00. The molecule has 2 unspecified atom stereocenters. The summed E-state index contributed by atoms with van der Waals surface area (Å²) in [6.07, 6.45) is 1.60. The molecule has 2 aliphatic rings. The highest BCUT2D eigenvalue weighted by molar-refractivity contribution is 7.93. The first-order chi connectivity index (χ1) is 21.7. The molecule has 2 atom stereocenters. The molecule has 6 rings (SSSR count). The van der Waals surface area contributed by atoms with E-state index in [9.17, 15) is 31.9 Å². The normalized spacial score (nSPS) is 21.1. The molecule has 1 N–H and O–H groups in total. The van der Waals surface area contributed by atoms with E-state index in [2.05, 4.69) is 0 Å². The minimum absolute atomic E-state index is 0.0192. The lowest BCUT2D eigenvalue weighted by molar-refractivity contribution is -0.0431. The number of carbonyl (C=O) groups is 1. The molecule has 2 fully saturated rings. The molecule has 3 heterocycles. The van der Waals surface area contributed by atoms with Crippen LogP contribution in [0.25, 0.3) is 5.69 Å². The molecule has 2 bridgehead atoms. The molecule has 46 heavy (non-hydrogen) atoms. The first-order valence-corrected chi connectivity index (χ1v) is 16.6. The van der Waals surface area contributed by atoms with Crippen LogP contribution < -0.4 is 9.86 Å². The summed E-state index contributed by atoms with van der Waals surface area (Å²) >= 11 is 6.41. The Bertz CT molecular complexity index is 2000. The predicted octanol–water partition coefficient (Wildman–Crippen LogP) is 4.98. The van der Waals surface area contributed by atoms with Crippen LogP contribution in [0, 0.1) is 18.6 Å². The lowest BCUT2D eigenvalue weighted by atomic mass is 9.81. The van der Waals surface area contributed by atoms with Crippen molar-refractivity contribution in [1.82, 2.24) is 14.3 Å². The summed E-state index contributed by atoms with van der Waals surface area (Å²) in [5, 5.41) is 11.3. The SMILES string of the molecule is Cc1c(N(C)S(=O)(=O)c2cc(C(=O)N3C4CCC3CC(O)(Cc3ccc(F)cc3F)C4)ccc2Cl)c(=O)n(-c2ccccc2)n1C. The number of rotatable bonds is 7. The van der Waals surface area contributed by atoms with E-state index in [1.807, 2.05) is 6.07 Å². The van der Waals surface area contributed by atoms with E-state index >= 15 is 0 Å². The van der Waals surface area contributed by atoms with Crippen LogP contribution in [-0.4, -0.2) is 58.4 Å². The van der Waals surface area contributed by atoms with Gasteiger partial charge in [-0.15, -0.1) is 0 Å². The topological polar surface area (TPSA) is 105 Å². The predicted molar refractivity (Wildman–Crippen MR) is 170 cm³/mol. The van der Waals surface area contributed by atoms with Crippen molar-refractivity contribution in [2.75, 3.05) is 11.4 Å². The average molecular weight is 671 g/mol. The molecule has 2 aliphatic heterocycles. The fourth-order valence-electron chi connectivity index (χ4n) is 6.99. The molecule has 0 aliphatic carbocycles. The van der Waals surface area contributed by atoms with Gasteiger partial charge in [0, 0.05) is 44.2 Å². The zero-order valence-corrected chi connectivity index (χ0v) is 27.0. The highest BCUT2D eigenvalue weighted by Crippen LogP contribution is 2.43. The zero-order chi connectivity index (χ0) is 33.1. The number of aliphatic hydroxyl groups is 1. The van der Waals surface area contributed by atoms with Gasteiger partial charge in [-0.05, 0) is 74.6 Å². The van der Waals surface area contributed by atoms with E-state index in [4.69, 9.17) is 11.6 Å². The number of amides is 1. The van der Waals surface area contributed by atoms with Crippen molar-refractivity contribution in [3.63, 3.8) is 0 Å². The molecule has 4 aromatic rings. The van der Waals surface area contributed by atoms with Crippen molar-refractivity contribution in [1.29, 1.82) is 0 Å². The van der Waals surface area contributed by atoms with Crippen molar-refractivity contribution in [3.05, 3.63) is 111 Å². The Balaban J connectivity index is 1.28. The Morgan fingerprint density at radius 2 is 1.70 bits per heavy atom. The number of anilines is 1. The summed E-state index contributed by atoms with van der Waals surface area (Å²) in [5.74, 6) is -1.85. The lowest BCUT2D eigenvalue weighted by Gasteiger charge is -2.44. The van der Waals surface area contributed by atoms with Gasteiger partial charge in [-0.2, -0.15) is 0 Å². The Morgan fingerprint density at radius 3 is 2.33 bits per heavy atom. The van der Waals surface area contributed by atoms with Gasteiger partial charge >= 0.3 is 0 Å². The molecule has 13 heteroatoms. The van der Waals surface area contributed by atoms with E-state index in [-0.39, 0.29) is 58.1 Å². The molecular weight excluding hydrogens is 638 g/mol. The maximum Gasteiger partial charge on any atom is 0.296 e. The van der Waals surface area contributed by atoms with Gasteiger partial charge in [0.2, 0.25) is 0 Å². The van der Waals surface area contributed by atoms with Crippen molar-refractivity contribution >= 4 is 33.2 Å². The van der Waals surface area contributed by atoms with Gasteiger partial charge in [-0.25, -0.2) is 21.9 Å². The number of piperidine rings is 1. The third kappa shape index (κ3) is 5.41. The van der Waals surface area contributed by atoms with Gasteiger partial charge in [-0.1, -0.05) is 35.9 Å². The summed E-state index contributed by atoms with van der Waals surface area (Å²) in [7, 11) is -1.48. The fourth-order valence-corrected chi connectivity index (χ4v) is 8.73.